The summed E-state index contributed by atoms with van der Waals surface area (Å²) in [7, 11) is 0. The van der Waals surface area contributed by atoms with Gasteiger partial charge >= 0.3 is 0 Å². The first-order valence-electron chi connectivity index (χ1n) is 4.81. The van der Waals surface area contributed by atoms with Crippen LogP contribution >= 0.6 is 23.2 Å². The van der Waals surface area contributed by atoms with Crippen LogP contribution in [0.15, 0.2) is 39.2 Å². The molecule has 96 valence electrons. The van der Waals surface area contributed by atoms with Crippen LogP contribution in [0.4, 0.5) is 5.69 Å². The van der Waals surface area contributed by atoms with E-state index in [2.05, 4.69) is 5.43 Å². The number of benzene rings is 1. The van der Waals surface area contributed by atoms with E-state index in [1.807, 2.05) is 0 Å². The first-order chi connectivity index (χ1) is 8.49. The summed E-state index contributed by atoms with van der Waals surface area (Å²) in [5.74, 6) is -0.496. The van der Waals surface area contributed by atoms with Gasteiger partial charge in [-0.25, -0.2) is 0 Å². The fourth-order valence-corrected chi connectivity index (χ4v) is 2.10. The zero-order chi connectivity index (χ0) is 13.3. The molecule has 1 unspecified atom stereocenters. The lowest BCUT2D eigenvalue weighted by molar-refractivity contribution is -0.117. The molecule has 0 radical (unpaired) electrons. The Balaban J connectivity index is 2.23. The van der Waals surface area contributed by atoms with Crippen LogP contribution in [-0.4, -0.2) is 21.2 Å². The van der Waals surface area contributed by atoms with Gasteiger partial charge in [-0.2, -0.15) is 0 Å². The van der Waals surface area contributed by atoms with Gasteiger partial charge in [0.25, 0.3) is 5.91 Å². The van der Waals surface area contributed by atoms with Crippen molar-refractivity contribution in [1.82, 2.24) is 5.43 Å². The predicted molar refractivity (Wildman–Crippen MR) is 67.8 cm³/mol. The van der Waals surface area contributed by atoms with E-state index in [1.165, 1.54) is 17.1 Å². The highest BCUT2D eigenvalue weighted by Crippen LogP contribution is 2.24. The minimum absolute atomic E-state index is 0.0369. The Morgan fingerprint density at radius 3 is 2.39 bits per heavy atom. The minimum Gasteiger partial charge on any atom is -0.768 e. The number of halogens is 2. The Labute approximate surface area is 116 Å². The third kappa shape index (κ3) is 2.67. The number of amides is 1. The maximum atomic E-state index is 11.4. The lowest BCUT2D eigenvalue weighted by Gasteiger charge is -2.29. The number of nitrogens with one attached hydrogen (secondary N) is 1. The Morgan fingerprint density at radius 2 is 1.89 bits per heavy atom. The number of hydrogen-bond acceptors (Lipinski definition) is 4. The predicted octanol–water partition coefficient (Wildman–Crippen LogP) is 1.47. The topological polar surface area (TPSA) is 72.5 Å². The normalized spacial score (nSPS) is 17.7. The summed E-state index contributed by atoms with van der Waals surface area (Å²) in [4.78, 5) is 11.6. The van der Waals surface area contributed by atoms with E-state index >= 15 is 0 Å². The van der Waals surface area contributed by atoms with Crippen molar-refractivity contribution in [2.24, 2.45) is 0 Å². The van der Waals surface area contributed by atoms with E-state index < -0.39 is 17.0 Å². The second-order valence-electron chi connectivity index (χ2n) is 3.47. The molecule has 1 aliphatic rings. The molecule has 0 spiro atoms. The molecule has 5 nitrogen and oxygen atoms in total. The van der Waals surface area contributed by atoms with E-state index in [-0.39, 0.29) is 21.5 Å². The van der Waals surface area contributed by atoms with Crippen molar-refractivity contribution in [2.45, 2.75) is 4.90 Å². The monoisotopic (exact) mass is 305 g/mol. The molecule has 1 aromatic rings. The zero-order valence-corrected chi connectivity index (χ0v) is 11.2. The van der Waals surface area contributed by atoms with Crippen LogP contribution in [0.1, 0.15) is 0 Å². The summed E-state index contributed by atoms with van der Waals surface area (Å²) in [5.41, 5.74) is 3.14. The summed E-state index contributed by atoms with van der Waals surface area (Å²) in [6.45, 7) is 0.228. The smallest absolute Gasteiger partial charge is 0.282 e. The van der Waals surface area contributed by atoms with Crippen molar-refractivity contribution in [3.8, 4) is 0 Å². The van der Waals surface area contributed by atoms with Crippen molar-refractivity contribution in [3.63, 3.8) is 0 Å². The molecule has 0 saturated heterocycles. The Bertz CT molecular complexity index is 545. The molecule has 2 rings (SSSR count). The van der Waals surface area contributed by atoms with Crippen LogP contribution < -0.4 is 10.4 Å². The van der Waals surface area contributed by atoms with Gasteiger partial charge in [-0.15, -0.1) is 0 Å². The van der Waals surface area contributed by atoms with Crippen LogP contribution in [0.3, 0.4) is 0 Å². The van der Waals surface area contributed by atoms with Crippen molar-refractivity contribution >= 4 is 45.9 Å². The van der Waals surface area contributed by atoms with Gasteiger partial charge in [-0.3, -0.25) is 19.4 Å². The summed E-state index contributed by atoms with van der Waals surface area (Å²) in [6, 6.07) is 5.99. The lowest BCUT2D eigenvalue weighted by atomic mass is 10.3. The molecular weight excluding hydrogens is 299 g/mol. The van der Waals surface area contributed by atoms with Gasteiger partial charge < -0.3 is 4.55 Å². The Hall–Kier alpha value is -1.08. The highest BCUT2D eigenvalue weighted by atomic mass is 35.5. The molecule has 1 N–H and O–H groups in total. The Kier molecular flexibility index (Phi) is 3.91. The van der Waals surface area contributed by atoms with Crippen LogP contribution in [0.2, 0.25) is 0 Å². The Morgan fingerprint density at radius 1 is 1.28 bits per heavy atom. The number of hydrazine groups is 1. The summed E-state index contributed by atoms with van der Waals surface area (Å²) < 4.78 is 21.4. The number of rotatable bonds is 2. The molecule has 1 aliphatic heterocycles. The molecule has 1 atom stereocenters. The quantitative estimate of drug-likeness (QED) is 0.840. The lowest BCUT2D eigenvalue weighted by Crippen LogP contribution is -2.47. The SMILES string of the molecule is O=C1NN(c2ccc(S(=O)[O-])cc2)CC(Cl)=C1Cl. The van der Waals surface area contributed by atoms with E-state index in [9.17, 15) is 13.6 Å². The second-order valence-corrected chi connectivity index (χ2v) is 5.25. The molecule has 18 heavy (non-hydrogen) atoms. The van der Waals surface area contributed by atoms with Crippen LogP contribution in [0.5, 0.6) is 0 Å². The fourth-order valence-electron chi connectivity index (χ4n) is 1.44. The molecule has 1 heterocycles. The second kappa shape index (κ2) is 5.27. The molecule has 1 aromatic carbocycles. The van der Waals surface area contributed by atoms with Crippen LogP contribution in [-0.2, 0) is 15.9 Å². The van der Waals surface area contributed by atoms with Crippen LogP contribution in [0, 0.1) is 0 Å². The van der Waals surface area contributed by atoms with Gasteiger partial charge in [-0.1, -0.05) is 23.2 Å². The molecule has 8 heteroatoms. The van der Waals surface area contributed by atoms with E-state index in [0.29, 0.717) is 5.69 Å². The molecular formula is C10H7Cl2N2O3S-. The standard InChI is InChI=1S/C10H8Cl2N2O3S/c11-8-5-14(13-10(15)9(8)12)6-1-3-7(4-2-6)18(16)17/h1-4H,5H2,(H,13,15)(H,16,17)/p-1. The number of carbonyl (C=O) groups is 1. The summed E-state index contributed by atoms with van der Waals surface area (Å²) in [6.07, 6.45) is 0. The minimum atomic E-state index is -2.27. The first-order valence-corrected chi connectivity index (χ1v) is 6.64. The van der Waals surface area contributed by atoms with E-state index in [1.54, 1.807) is 12.1 Å². The maximum Gasteiger partial charge on any atom is 0.282 e. The molecule has 0 aliphatic carbocycles. The average molecular weight is 306 g/mol. The van der Waals surface area contributed by atoms with Gasteiger partial charge in [0, 0.05) is 4.90 Å². The number of hydrogen-bond donors (Lipinski definition) is 1. The van der Waals surface area contributed by atoms with Crippen molar-refractivity contribution in [2.75, 3.05) is 11.6 Å². The van der Waals surface area contributed by atoms with Gasteiger partial charge in [0.15, 0.2) is 0 Å². The van der Waals surface area contributed by atoms with Crippen LogP contribution in [0.25, 0.3) is 0 Å². The van der Waals surface area contributed by atoms with Crippen molar-refractivity contribution < 1.29 is 13.6 Å². The molecule has 0 fully saturated rings. The van der Waals surface area contributed by atoms with Gasteiger partial charge in [-0.05, 0) is 35.3 Å². The van der Waals surface area contributed by atoms with E-state index in [0.717, 1.165) is 0 Å². The highest BCUT2D eigenvalue weighted by Gasteiger charge is 2.23. The van der Waals surface area contributed by atoms with Gasteiger partial charge in [0.1, 0.15) is 5.03 Å². The molecule has 0 bridgehead atoms. The zero-order valence-electron chi connectivity index (χ0n) is 8.85. The highest BCUT2D eigenvalue weighted by molar-refractivity contribution is 7.79. The summed E-state index contributed by atoms with van der Waals surface area (Å²) in [5, 5.41) is 1.68. The average Bonchev–Trinajstić information content (AvgIpc) is 2.35. The van der Waals surface area contributed by atoms with Crippen molar-refractivity contribution in [3.05, 3.63) is 34.3 Å². The number of anilines is 1. The number of nitrogens with zero attached hydrogens (tertiary/aromatic N) is 1. The fraction of sp³-hybridized carbons (Fsp3) is 0.100. The number of carbonyl (C=O) groups excluding carboxylic acids is 1. The van der Waals surface area contributed by atoms with Gasteiger partial charge in [0.05, 0.1) is 17.3 Å². The summed E-state index contributed by atoms with van der Waals surface area (Å²) >= 11 is 9.23. The third-order valence-corrected chi connectivity index (χ3v) is 3.77. The first kappa shape index (κ1) is 13.4. The molecule has 0 saturated carbocycles. The van der Waals surface area contributed by atoms with Crippen molar-refractivity contribution in [1.29, 1.82) is 0 Å². The van der Waals surface area contributed by atoms with E-state index in [4.69, 9.17) is 23.2 Å². The molecule has 1 amide bonds. The third-order valence-electron chi connectivity index (χ3n) is 2.31. The van der Waals surface area contributed by atoms with Gasteiger partial charge in [0.2, 0.25) is 0 Å². The maximum absolute atomic E-state index is 11.4. The molecule has 0 aromatic heterocycles. The largest absolute Gasteiger partial charge is 0.768 e.